The van der Waals surface area contributed by atoms with Crippen molar-refractivity contribution < 1.29 is 4.92 Å². The Hall–Kier alpha value is -1.72. The number of aromatic nitrogens is 2. The van der Waals surface area contributed by atoms with Gasteiger partial charge in [-0.05, 0) is 0 Å². The first-order chi connectivity index (χ1) is 5.70. The largest absolute Gasteiger partial charge is 0.368 e. The summed E-state index contributed by atoms with van der Waals surface area (Å²) >= 11 is 0. The summed E-state index contributed by atoms with van der Waals surface area (Å²) in [5, 5.41) is 10.00. The molecule has 0 radical (unpaired) electrons. The number of nitrogen functional groups attached to an aromatic ring is 1. The van der Waals surface area contributed by atoms with Crippen LogP contribution < -0.4 is 5.73 Å². The van der Waals surface area contributed by atoms with Crippen molar-refractivity contribution in [2.75, 3.05) is 5.73 Å². The van der Waals surface area contributed by atoms with Gasteiger partial charge in [0.15, 0.2) is 0 Å². The van der Waals surface area contributed by atoms with E-state index in [9.17, 15) is 10.1 Å². The summed E-state index contributed by atoms with van der Waals surface area (Å²) in [6, 6.07) is 0. The summed E-state index contributed by atoms with van der Waals surface area (Å²) in [5.41, 5.74) is 4.92. The number of rotatable bonds is 1. The van der Waals surface area contributed by atoms with Crippen LogP contribution in [0.15, 0.2) is 12.4 Å². The summed E-state index contributed by atoms with van der Waals surface area (Å²) in [7, 11) is 0. The Morgan fingerprint density at radius 1 is 1.42 bits per heavy atom. The third-order valence-electron chi connectivity index (χ3n) is 0.869. The van der Waals surface area contributed by atoms with Gasteiger partial charge in [0.1, 0.15) is 12.4 Å². The molecule has 0 amide bonds. The molecule has 0 saturated heterocycles. The number of nitro groups is 1. The van der Waals surface area contributed by atoms with E-state index in [2.05, 4.69) is 9.97 Å². The zero-order chi connectivity index (χ0) is 9.56. The van der Waals surface area contributed by atoms with Crippen molar-refractivity contribution in [1.82, 2.24) is 9.97 Å². The van der Waals surface area contributed by atoms with Gasteiger partial charge in [0, 0.05) is 0 Å². The topological polar surface area (TPSA) is 94.9 Å². The first-order valence-electron chi connectivity index (χ1n) is 3.42. The van der Waals surface area contributed by atoms with Gasteiger partial charge in [-0.3, -0.25) is 10.1 Å². The van der Waals surface area contributed by atoms with E-state index in [4.69, 9.17) is 5.73 Å². The maximum absolute atomic E-state index is 10.00. The van der Waals surface area contributed by atoms with Gasteiger partial charge in [-0.1, -0.05) is 13.8 Å². The third-order valence-corrected chi connectivity index (χ3v) is 0.869. The van der Waals surface area contributed by atoms with Crippen LogP contribution >= 0.6 is 0 Å². The van der Waals surface area contributed by atoms with Crippen LogP contribution in [0.4, 0.5) is 11.6 Å². The lowest BCUT2D eigenvalue weighted by atomic mass is 10.6. The minimum absolute atomic E-state index is 0.0330. The molecule has 66 valence electrons. The van der Waals surface area contributed by atoms with Crippen molar-refractivity contribution in [3.8, 4) is 0 Å². The van der Waals surface area contributed by atoms with Crippen LogP contribution in [0.5, 0.6) is 0 Å². The SMILES string of the molecule is CC.Nc1ncc([N+](=O)[O-])cn1. The number of hydrogen-bond donors (Lipinski definition) is 1. The lowest BCUT2D eigenvalue weighted by molar-refractivity contribution is -0.385. The van der Waals surface area contributed by atoms with E-state index < -0.39 is 4.92 Å². The van der Waals surface area contributed by atoms with Gasteiger partial charge in [-0.15, -0.1) is 0 Å². The summed E-state index contributed by atoms with van der Waals surface area (Å²) in [4.78, 5) is 16.3. The lowest BCUT2D eigenvalue weighted by Crippen LogP contribution is -1.95. The quantitative estimate of drug-likeness (QED) is 0.501. The Kier molecular flexibility index (Phi) is 4.28. The van der Waals surface area contributed by atoms with Gasteiger partial charge in [0.25, 0.3) is 0 Å². The van der Waals surface area contributed by atoms with E-state index in [0.29, 0.717) is 0 Å². The average Bonchev–Trinajstić information content (AvgIpc) is 2.09. The molecule has 0 aromatic carbocycles. The molecule has 1 heterocycles. The van der Waals surface area contributed by atoms with Gasteiger partial charge in [-0.2, -0.15) is 0 Å². The predicted octanol–water partition coefficient (Wildman–Crippen LogP) is 0.993. The van der Waals surface area contributed by atoms with E-state index in [1.807, 2.05) is 13.8 Å². The molecular weight excluding hydrogens is 160 g/mol. The van der Waals surface area contributed by atoms with Gasteiger partial charge >= 0.3 is 5.69 Å². The Balaban J connectivity index is 0.000000561. The second-order valence-corrected chi connectivity index (χ2v) is 1.56. The third kappa shape index (κ3) is 2.91. The van der Waals surface area contributed by atoms with Crippen molar-refractivity contribution in [3.05, 3.63) is 22.5 Å². The molecule has 0 fully saturated rings. The number of hydrogen-bond acceptors (Lipinski definition) is 5. The smallest absolute Gasteiger partial charge is 0.305 e. The number of nitrogens with zero attached hydrogens (tertiary/aromatic N) is 3. The monoisotopic (exact) mass is 170 g/mol. The Morgan fingerprint density at radius 2 is 1.83 bits per heavy atom. The molecule has 0 aliphatic carbocycles. The fourth-order valence-electron chi connectivity index (χ4n) is 0.425. The van der Waals surface area contributed by atoms with E-state index in [-0.39, 0.29) is 11.6 Å². The molecule has 0 aliphatic rings. The second-order valence-electron chi connectivity index (χ2n) is 1.56. The number of nitrogens with two attached hydrogens (primary N) is 1. The molecule has 0 aliphatic heterocycles. The van der Waals surface area contributed by atoms with E-state index in [1.54, 1.807) is 0 Å². The number of anilines is 1. The molecular formula is C6H10N4O2. The maximum Gasteiger partial charge on any atom is 0.305 e. The Morgan fingerprint density at radius 3 is 2.17 bits per heavy atom. The minimum Gasteiger partial charge on any atom is -0.368 e. The van der Waals surface area contributed by atoms with Crippen molar-refractivity contribution in [2.45, 2.75) is 13.8 Å². The lowest BCUT2D eigenvalue weighted by Gasteiger charge is -1.88. The molecule has 0 unspecified atom stereocenters. The van der Waals surface area contributed by atoms with E-state index >= 15 is 0 Å². The summed E-state index contributed by atoms with van der Waals surface area (Å²) in [6.45, 7) is 4.00. The second kappa shape index (κ2) is 5.00. The molecule has 0 bridgehead atoms. The van der Waals surface area contributed by atoms with Crippen LogP contribution in [0.25, 0.3) is 0 Å². The standard InChI is InChI=1S/C4H4N4O2.C2H6/c5-4-6-1-3(2-7-4)8(9)10;1-2/h1-2H,(H2,5,6,7);1-2H3. The van der Waals surface area contributed by atoms with Gasteiger partial charge < -0.3 is 5.73 Å². The molecule has 6 nitrogen and oxygen atoms in total. The fraction of sp³-hybridized carbons (Fsp3) is 0.333. The molecule has 1 aromatic heterocycles. The molecule has 1 rings (SSSR count). The predicted molar refractivity (Wildman–Crippen MR) is 44.4 cm³/mol. The van der Waals surface area contributed by atoms with Crippen LogP contribution in [0.2, 0.25) is 0 Å². The zero-order valence-electron chi connectivity index (χ0n) is 6.89. The zero-order valence-corrected chi connectivity index (χ0v) is 6.89. The summed E-state index contributed by atoms with van der Waals surface area (Å²) < 4.78 is 0. The fourth-order valence-corrected chi connectivity index (χ4v) is 0.425. The van der Waals surface area contributed by atoms with Crippen molar-refractivity contribution in [2.24, 2.45) is 0 Å². The van der Waals surface area contributed by atoms with Crippen molar-refractivity contribution in [1.29, 1.82) is 0 Å². The average molecular weight is 170 g/mol. The molecule has 1 aromatic rings. The van der Waals surface area contributed by atoms with Crippen LogP contribution in [0.1, 0.15) is 13.8 Å². The van der Waals surface area contributed by atoms with Crippen LogP contribution in [-0.4, -0.2) is 14.9 Å². The van der Waals surface area contributed by atoms with E-state index in [1.165, 1.54) is 0 Å². The maximum atomic E-state index is 10.00. The normalized spacial score (nSPS) is 8.17. The summed E-state index contributed by atoms with van der Waals surface area (Å²) in [6.07, 6.45) is 2.12. The highest BCUT2D eigenvalue weighted by molar-refractivity contribution is 5.26. The van der Waals surface area contributed by atoms with E-state index in [0.717, 1.165) is 12.4 Å². The van der Waals surface area contributed by atoms with Crippen LogP contribution in [-0.2, 0) is 0 Å². The molecule has 12 heavy (non-hydrogen) atoms. The van der Waals surface area contributed by atoms with Gasteiger partial charge in [0.2, 0.25) is 5.95 Å². The molecule has 0 saturated carbocycles. The van der Waals surface area contributed by atoms with Crippen molar-refractivity contribution in [3.63, 3.8) is 0 Å². The molecule has 6 heteroatoms. The first kappa shape index (κ1) is 10.3. The minimum atomic E-state index is -0.584. The first-order valence-corrected chi connectivity index (χ1v) is 3.42. The van der Waals surface area contributed by atoms with Crippen LogP contribution in [0.3, 0.4) is 0 Å². The highest BCUT2D eigenvalue weighted by Crippen LogP contribution is 2.05. The molecule has 0 spiro atoms. The highest BCUT2D eigenvalue weighted by atomic mass is 16.6. The van der Waals surface area contributed by atoms with Gasteiger partial charge in [0.05, 0.1) is 4.92 Å². The Labute approximate surface area is 69.6 Å². The highest BCUT2D eigenvalue weighted by Gasteiger charge is 2.03. The summed E-state index contributed by atoms with van der Waals surface area (Å²) in [5.74, 6) is 0.0330. The molecule has 2 N–H and O–H groups in total. The molecule has 0 atom stereocenters. The Bertz CT molecular complexity index is 246. The van der Waals surface area contributed by atoms with Crippen LogP contribution in [0, 0.1) is 10.1 Å². The van der Waals surface area contributed by atoms with Gasteiger partial charge in [-0.25, -0.2) is 9.97 Å². The van der Waals surface area contributed by atoms with Crippen molar-refractivity contribution >= 4 is 11.6 Å².